The van der Waals surface area contributed by atoms with Crippen LogP contribution in [0.25, 0.3) is 0 Å². The predicted molar refractivity (Wildman–Crippen MR) is 52.4 cm³/mol. The Labute approximate surface area is 78.5 Å². The monoisotopic (exact) mass is 178 g/mol. The third kappa shape index (κ3) is 1.89. The second-order valence-corrected chi connectivity index (χ2v) is 2.93. The van der Waals surface area contributed by atoms with Gasteiger partial charge in [-0.05, 0) is 18.6 Å². The third-order valence-corrected chi connectivity index (χ3v) is 2.04. The molecule has 0 N–H and O–H groups in total. The van der Waals surface area contributed by atoms with E-state index in [1.807, 2.05) is 26.0 Å². The Morgan fingerprint density at radius 2 is 2.15 bits per heavy atom. The van der Waals surface area contributed by atoms with Gasteiger partial charge in [0.15, 0.2) is 5.78 Å². The summed E-state index contributed by atoms with van der Waals surface area (Å²) >= 11 is 0. The highest BCUT2D eigenvalue weighted by Gasteiger charge is 2.11. The molecule has 1 aromatic rings. The van der Waals surface area contributed by atoms with E-state index in [-0.39, 0.29) is 5.78 Å². The molecule has 0 saturated carbocycles. The van der Waals surface area contributed by atoms with Crippen molar-refractivity contribution in [2.45, 2.75) is 20.3 Å². The van der Waals surface area contributed by atoms with Crippen LogP contribution < -0.4 is 4.74 Å². The summed E-state index contributed by atoms with van der Waals surface area (Å²) in [5, 5.41) is 0. The maximum atomic E-state index is 11.5. The number of benzene rings is 1. The Hall–Kier alpha value is -1.31. The molecule has 0 atom stereocenters. The molecule has 0 aliphatic carbocycles. The average Bonchev–Trinajstić information content (AvgIpc) is 2.16. The topological polar surface area (TPSA) is 26.3 Å². The summed E-state index contributed by atoms with van der Waals surface area (Å²) in [6, 6.07) is 5.61. The zero-order valence-electron chi connectivity index (χ0n) is 8.26. The zero-order chi connectivity index (χ0) is 9.84. The number of para-hydroxylation sites is 1. The number of carbonyl (C=O) groups excluding carboxylic acids is 1. The van der Waals surface area contributed by atoms with E-state index < -0.39 is 0 Å². The van der Waals surface area contributed by atoms with Crippen molar-refractivity contribution in [3.8, 4) is 5.75 Å². The van der Waals surface area contributed by atoms with E-state index in [1.165, 1.54) is 0 Å². The van der Waals surface area contributed by atoms with Crippen molar-refractivity contribution in [2.75, 3.05) is 7.11 Å². The van der Waals surface area contributed by atoms with Crippen molar-refractivity contribution in [3.63, 3.8) is 0 Å². The van der Waals surface area contributed by atoms with Crippen LogP contribution in [0.5, 0.6) is 5.75 Å². The number of hydrogen-bond donors (Lipinski definition) is 0. The molecule has 2 heteroatoms. The van der Waals surface area contributed by atoms with Gasteiger partial charge in [0.2, 0.25) is 0 Å². The van der Waals surface area contributed by atoms with Gasteiger partial charge in [-0.1, -0.05) is 19.1 Å². The van der Waals surface area contributed by atoms with E-state index in [0.29, 0.717) is 17.7 Å². The second kappa shape index (κ2) is 4.08. The van der Waals surface area contributed by atoms with Crippen molar-refractivity contribution in [1.29, 1.82) is 0 Å². The lowest BCUT2D eigenvalue weighted by atomic mass is 10.0. The average molecular weight is 178 g/mol. The lowest BCUT2D eigenvalue weighted by molar-refractivity contribution is 0.0985. The lowest BCUT2D eigenvalue weighted by Gasteiger charge is -2.08. The molecule has 0 bridgehead atoms. The van der Waals surface area contributed by atoms with E-state index in [1.54, 1.807) is 13.2 Å². The molecule has 13 heavy (non-hydrogen) atoms. The number of hydrogen-bond acceptors (Lipinski definition) is 2. The van der Waals surface area contributed by atoms with Crippen LogP contribution in [0.3, 0.4) is 0 Å². The van der Waals surface area contributed by atoms with Gasteiger partial charge in [-0.2, -0.15) is 0 Å². The summed E-state index contributed by atoms with van der Waals surface area (Å²) in [6.45, 7) is 3.79. The van der Waals surface area contributed by atoms with Gasteiger partial charge in [-0.25, -0.2) is 0 Å². The number of ketones is 1. The number of ether oxygens (including phenoxy) is 1. The lowest BCUT2D eigenvalue weighted by Crippen LogP contribution is -2.01. The van der Waals surface area contributed by atoms with E-state index in [4.69, 9.17) is 4.74 Å². The highest BCUT2D eigenvalue weighted by atomic mass is 16.5. The normalized spacial score (nSPS) is 9.77. The zero-order valence-corrected chi connectivity index (χ0v) is 8.26. The van der Waals surface area contributed by atoms with Gasteiger partial charge in [0.1, 0.15) is 5.75 Å². The van der Waals surface area contributed by atoms with E-state index in [2.05, 4.69) is 0 Å². The first-order chi connectivity index (χ1) is 6.20. The van der Waals surface area contributed by atoms with E-state index in [9.17, 15) is 4.79 Å². The molecular weight excluding hydrogens is 164 g/mol. The molecule has 0 fully saturated rings. The van der Waals surface area contributed by atoms with Crippen molar-refractivity contribution in [1.82, 2.24) is 0 Å². The number of aryl methyl sites for hydroxylation is 1. The number of Topliss-reactive ketones (excluding diaryl/α,β-unsaturated/α-hetero) is 1. The minimum Gasteiger partial charge on any atom is -0.496 e. The van der Waals surface area contributed by atoms with Crippen LogP contribution in [-0.2, 0) is 0 Å². The maximum Gasteiger partial charge on any atom is 0.166 e. The molecular formula is C11H14O2. The van der Waals surface area contributed by atoms with Gasteiger partial charge in [0, 0.05) is 6.42 Å². The summed E-state index contributed by atoms with van der Waals surface area (Å²) in [7, 11) is 1.59. The molecule has 0 saturated heterocycles. The van der Waals surface area contributed by atoms with Crippen LogP contribution in [0.2, 0.25) is 0 Å². The van der Waals surface area contributed by atoms with Gasteiger partial charge in [0.25, 0.3) is 0 Å². The number of methoxy groups -OCH3 is 1. The van der Waals surface area contributed by atoms with Crippen molar-refractivity contribution in [3.05, 3.63) is 29.3 Å². The Balaban J connectivity index is 3.20. The minimum absolute atomic E-state index is 0.126. The summed E-state index contributed by atoms with van der Waals surface area (Å²) in [4.78, 5) is 11.5. The van der Waals surface area contributed by atoms with Gasteiger partial charge in [0.05, 0.1) is 12.7 Å². The highest BCUT2D eigenvalue weighted by molar-refractivity contribution is 5.98. The molecule has 0 aliphatic heterocycles. The van der Waals surface area contributed by atoms with Crippen LogP contribution in [0.15, 0.2) is 18.2 Å². The quantitative estimate of drug-likeness (QED) is 0.665. The molecule has 0 aliphatic rings. The second-order valence-electron chi connectivity index (χ2n) is 2.93. The molecule has 70 valence electrons. The fourth-order valence-corrected chi connectivity index (χ4v) is 1.33. The number of carbonyl (C=O) groups is 1. The van der Waals surface area contributed by atoms with E-state index in [0.717, 1.165) is 5.56 Å². The van der Waals surface area contributed by atoms with Crippen LogP contribution in [-0.4, -0.2) is 12.9 Å². The Bertz CT molecular complexity index is 316. The van der Waals surface area contributed by atoms with Crippen LogP contribution >= 0.6 is 0 Å². The molecule has 1 rings (SSSR count). The summed E-state index contributed by atoms with van der Waals surface area (Å²) in [6.07, 6.45) is 0.514. The molecule has 1 aromatic carbocycles. The number of rotatable bonds is 3. The molecule has 0 heterocycles. The van der Waals surface area contributed by atoms with E-state index >= 15 is 0 Å². The fourth-order valence-electron chi connectivity index (χ4n) is 1.33. The molecule has 0 spiro atoms. The smallest absolute Gasteiger partial charge is 0.166 e. The summed E-state index contributed by atoms with van der Waals surface area (Å²) < 4.78 is 5.18. The van der Waals surface area contributed by atoms with Gasteiger partial charge in [-0.3, -0.25) is 4.79 Å². The molecule has 0 aromatic heterocycles. The summed E-state index contributed by atoms with van der Waals surface area (Å²) in [5.41, 5.74) is 1.69. The van der Waals surface area contributed by atoms with Gasteiger partial charge < -0.3 is 4.74 Å². The Morgan fingerprint density at radius 3 is 2.69 bits per heavy atom. The SMILES string of the molecule is CCC(=O)c1cccc(C)c1OC. The standard InChI is InChI=1S/C11H14O2/c1-4-10(12)9-7-5-6-8(2)11(9)13-3/h5-7H,4H2,1-3H3. The fraction of sp³-hybridized carbons (Fsp3) is 0.364. The van der Waals surface area contributed by atoms with Crippen LogP contribution in [0.4, 0.5) is 0 Å². The molecule has 0 amide bonds. The molecule has 2 nitrogen and oxygen atoms in total. The molecule has 0 unspecified atom stereocenters. The summed E-state index contributed by atoms with van der Waals surface area (Å²) in [5.74, 6) is 0.829. The van der Waals surface area contributed by atoms with Crippen LogP contribution in [0.1, 0.15) is 29.3 Å². The Morgan fingerprint density at radius 1 is 1.46 bits per heavy atom. The molecule has 0 radical (unpaired) electrons. The van der Waals surface area contributed by atoms with Crippen LogP contribution in [0, 0.1) is 6.92 Å². The van der Waals surface area contributed by atoms with Gasteiger partial charge in [-0.15, -0.1) is 0 Å². The van der Waals surface area contributed by atoms with Crippen molar-refractivity contribution < 1.29 is 9.53 Å². The predicted octanol–water partition coefficient (Wildman–Crippen LogP) is 2.60. The first-order valence-corrected chi connectivity index (χ1v) is 4.37. The highest BCUT2D eigenvalue weighted by Crippen LogP contribution is 2.23. The largest absolute Gasteiger partial charge is 0.496 e. The Kier molecular flexibility index (Phi) is 3.07. The minimum atomic E-state index is 0.126. The van der Waals surface area contributed by atoms with Crippen molar-refractivity contribution >= 4 is 5.78 Å². The maximum absolute atomic E-state index is 11.5. The van der Waals surface area contributed by atoms with Gasteiger partial charge >= 0.3 is 0 Å². The third-order valence-electron chi connectivity index (χ3n) is 2.04. The van der Waals surface area contributed by atoms with Crippen molar-refractivity contribution in [2.24, 2.45) is 0 Å². The first kappa shape index (κ1) is 9.78. The first-order valence-electron chi connectivity index (χ1n) is 4.37.